The molecule has 2 aromatic rings. The number of nitrogens with one attached hydrogen (secondary N) is 1. The van der Waals surface area contributed by atoms with E-state index < -0.39 is 14.9 Å². The minimum atomic E-state index is -3.68. The lowest BCUT2D eigenvalue weighted by Crippen LogP contribution is -2.23. The fourth-order valence-electron chi connectivity index (χ4n) is 1.69. The van der Waals surface area contributed by atoms with Crippen molar-refractivity contribution in [1.29, 1.82) is 0 Å². The number of sulfonamides is 1. The molecule has 0 saturated carbocycles. The molecule has 0 saturated heterocycles. The predicted molar refractivity (Wildman–Crippen MR) is 78.0 cm³/mol. The van der Waals surface area contributed by atoms with E-state index in [1.165, 1.54) is 42.5 Å². The number of nitrogens with zero attached hydrogens (tertiary/aromatic N) is 1. The third kappa shape index (κ3) is 3.77. The van der Waals surface area contributed by atoms with E-state index in [0.717, 1.165) is 0 Å². The number of hydrogen-bond donors (Lipinski definition) is 2. The first-order valence-corrected chi connectivity index (χ1v) is 7.45. The van der Waals surface area contributed by atoms with Crippen LogP contribution >= 0.6 is 0 Å². The highest BCUT2D eigenvalue weighted by atomic mass is 32.2. The van der Waals surface area contributed by atoms with E-state index in [2.05, 4.69) is 4.72 Å². The third-order valence-corrected chi connectivity index (χ3v) is 4.20. The van der Waals surface area contributed by atoms with Gasteiger partial charge in [-0.3, -0.25) is 10.1 Å². The fourth-order valence-corrected chi connectivity index (χ4v) is 2.71. The minimum Gasteiger partial charge on any atom is -0.399 e. The van der Waals surface area contributed by atoms with Crippen LogP contribution < -0.4 is 10.5 Å². The van der Waals surface area contributed by atoms with Gasteiger partial charge in [0.15, 0.2) is 0 Å². The molecule has 0 spiro atoms. The molecule has 0 bridgehead atoms. The first kappa shape index (κ1) is 14.9. The van der Waals surface area contributed by atoms with Crippen molar-refractivity contribution in [2.45, 2.75) is 11.4 Å². The van der Waals surface area contributed by atoms with E-state index >= 15 is 0 Å². The van der Waals surface area contributed by atoms with Crippen LogP contribution in [0.2, 0.25) is 0 Å². The van der Waals surface area contributed by atoms with Gasteiger partial charge in [-0.25, -0.2) is 13.1 Å². The summed E-state index contributed by atoms with van der Waals surface area (Å²) in [6.45, 7) is -0.0333. The zero-order chi connectivity index (χ0) is 15.5. The van der Waals surface area contributed by atoms with Crippen LogP contribution in [0.5, 0.6) is 0 Å². The maximum atomic E-state index is 12.0. The molecule has 2 aromatic carbocycles. The molecule has 0 aliphatic heterocycles. The van der Waals surface area contributed by atoms with Gasteiger partial charge < -0.3 is 5.73 Å². The molecule has 2 rings (SSSR count). The Morgan fingerprint density at radius 1 is 1.14 bits per heavy atom. The van der Waals surface area contributed by atoms with Gasteiger partial charge in [-0.05, 0) is 29.8 Å². The number of nitro benzene ring substituents is 1. The topological polar surface area (TPSA) is 115 Å². The molecular weight excluding hydrogens is 294 g/mol. The summed E-state index contributed by atoms with van der Waals surface area (Å²) in [7, 11) is -3.68. The van der Waals surface area contributed by atoms with Crippen molar-refractivity contribution in [3.63, 3.8) is 0 Å². The summed E-state index contributed by atoms with van der Waals surface area (Å²) >= 11 is 0. The molecule has 7 nitrogen and oxygen atoms in total. The van der Waals surface area contributed by atoms with E-state index in [9.17, 15) is 18.5 Å². The van der Waals surface area contributed by atoms with Crippen molar-refractivity contribution < 1.29 is 13.3 Å². The van der Waals surface area contributed by atoms with E-state index in [4.69, 9.17) is 5.73 Å². The molecule has 3 N–H and O–H groups in total. The van der Waals surface area contributed by atoms with Gasteiger partial charge in [-0.15, -0.1) is 0 Å². The van der Waals surface area contributed by atoms with Gasteiger partial charge in [0.25, 0.3) is 5.69 Å². The molecule has 0 aromatic heterocycles. The maximum absolute atomic E-state index is 12.0. The fraction of sp³-hybridized carbons (Fsp3) is 0.0769. The number of benzene rings is 2. The van der Waals surface area contributed by atoms with E-state index in [0.29, 0.717) is 11.3 Å². The van der Waals surface area contributed by atoms with E-state index in [1.54, 1.807) is 6.07 Å². The number of nitrogens with two attached hydrogens (primary N) is 1. The summed E-state index contributed by atoms with van der Waals surface area (Å²) in [5.41, 5.74) is 6.39. The molecule has 21 heavy (non-hydrogen) atoms. The lowest BCUT2D eigenvalue weighted by Gasteiger charge is -2.07. The maximum Gasteiger partial charge on any atom is 0.269 e. The van der Waals surface area contributed by atoms with E-state index in [-0.39, 0.29) is 17.1 Å². The predicted octanol–water partition coefficient (Wildman–Crippen LogP) is 1.66. The lowest BCUT2D eigenvalue weighted by molar-refractivity contribution is -0.384. The molecule has 0 amide bonds. The number of nitrogen functional groups attached to an aromatic ring is 1. The summed E-state index contributed by atoms with van der Waals surface area (Å²) in [5, 5.41) is 10.7. The molecule has 0 radical (unpaired) electrons. The lowest BCUT2D eigenvalue weighted by atomic mass is 10.2. The average molecular weight is 307 g/mol. The molecule has 0 fully saturated rings. The molecule has 0 atom stereocenters. The Labute approximate surface area is 121 Å². The van der Waals surface area contributed by atoms with Crippen LogP contribution in [0, 0.1) is 10.1 Å². The molecule has 0 unspecified atom stereocenters. The van der Waals surface area contributed by atoms with Crippen molar-refractivity contribution in [1.82, 2.24) is 4.72 Å². The summed E-state index contributed by atoms with van der Waals surface area (Å²) in [6, 6.07) is 11.5. The molecule has 0 aliphatic carbocycles. The first-order valence-electron chi connectivity index (χ1n) is 5.97. The van der Waals surface area contributed by atoms with Crippen molar-refractivity contribution in [2.75, 3.05) is 5.73 Å². The summed E-state index contributed by atoms with van der Waals surface area (Å²) in [4.78, 5) is 10.2. The highest BCUT2D eigenvalue weighted by Gasteiger charge is 2.14. The first-order chi connectivity index (χ1) is 9.88. The van der Waals surface area contributed by atoms with Crippen molar-refractivity contribution >= 4 is 21.4 Å². The van der Waals surface area contributed by atoms with Crippen LogP contribution in [0.3, 0.4) is 0 Å². The molecule has 8 heteroatoms. The van der Waals surface area contributed by atoms with Crippen LogP contribution in [-0.2, 0) is 16.6 Å². The van der Waals surface area contributed by atoms with Crippen molar-refractivity contribution in [2.24, 2.45) is 0 Å². The Morgan fingerprint density at radius 3 is 2.43 bits per heavy atom. The largest absolute Gasteiger partial charge is 0.399 e. The normalized spacial score (nSPS) is 11.2. The van der Waals surface area contributed by atoms with Crippen LogP contribution in [0.1, 0.15) is 5.56 Å². The Morgan fingerprint density at radius 2 is 1.81 bits per heavy atom. The van der Waals surface area contributed by atoms with Gasteiger partial charge in [0.05, 0.1) is 9.82 Å². The van der Waals surface area contributed by atoms with Crippen molar-refractivity contribution in [3.05, 3.63) is 64.2 Å². The third-order valence-electron chi connectivity index (χ3n) is 2.78. The van der Waals surface area contributed by atoms with Crippen LogP contribution in [0.15, 0.2) is 53.4 Å². The monoisotopic (exact) mass is 307 g/mol. The van der Waals surface area contributed by atoms with Gasteiger partial charge in [0, 0.05) is 24.4 Å². The Hall–Kier alpha value is -2.45. The Kier molecular flexibility index (Phi) is 4.20. The van der Waals surface area contributed by atoms with Crippen molar-refractivity contribution in [3.8, 4) is 0 Å². The highest BCUT2D eigenvalue weighted by molar-refractivity contribution is 7.89. The Bertz CT molecular complexity index is 757. The molecular formula is C13H13N3O4S. The van der Waals surface area contributed by atoms with Gasteiger partial charge >= 0.3 is 0 Å². The second-order valence-electron chi connectivity index (χ2n) is 4.32. The quantitative estimate of drug-likeness (QED) is 0.495. The van der Waals surface area contributed by atoms with E-state index in [1.807, 2.05) is 0 Å². The second-order valence-corrected chi connectivity index (χ2v) is 6.09. The van der Waals surface area contributed by atoms with Crippen LogP contribution in [0.4, 0.5) is 11.4 Å². The zero-order valence-corrected chi connectivity index (χ0v) is 11.7. The van der Waals surface area contributed by atoms with Gasteiger partial charge in [-0.1, -0.05) is 12.1 Å². The number of rotatable bonds is 5. The average Bonchev–Trinajstić information content (AvgIpc) is 2.46. The summed E-state index contributed by atoms with van der Waals surface area (Å²) in [5.74, 6) is 0. The van der Waals surface area contributed by atoms with Gasteiger partial charge in [-0.2, -0.15) is 0 Å². The highest BCUT2D eigenvalue weighted by Crippen LogP contribution is 2.15. The molecule has 0 aliphatic rings. The molecule has 110 valence electrons. The Balaban J connectivity index is 2.13. The second kappa shape index (κ2) is 5.90. The van der Waals surface area contributed by atoms with Crippen LogP contribution in [-0.4, -0.2) is 13.3 Å². The smallest absolute Gasteiger partial charge is 0.269 e. The van der Waals surface area contributed by atoms with Gasteiger partial charge in [0.1, 0.15) is 0 Å². The SMILES string of the molecule is Nc1ccc(S(=O)(=O)NCc2cccc([N+](=O)[O-])c2)cc1. The summed E-state index contributed by atoms with van der Waals surface area (Å²) < 4.78 is 26.5. The number of anilines is 1. The number of non-ortho nitro benzene ring substituents is 1. The minimum absolute atomic E-state index is 0.0333. The standard InChI is InChI=1S/C13H13N3O4S/c14-11-4-6-13(7-5-11)21(19,20)15-9-10-2-1-3-12(8-10)16(17)18/h1-8,15H,9,14H2. The summed E-state index contributed by atoms with van der Waals surface area (Å²) in [6.07, 6.45) is 0. The van der Waals surface area contributed by atoms with Gasteiger partial charge in [0.2, 0.25) is 10.0 Å². The zero-order valence-electron chi connectivity index (χ0n) is 10.9. The number of nitro groups is 1. The number of hydrogen-bond acceptors (Lipinski definition) is 5. The molecule has 0 heterocycles. The van der Waals surface area contributed by atoms with Crippen LogP contribution in [0.25, 0.3) is 0 Å².